The standard InChI is InChI=1S/C46H36N4S/c1-45(46(2)48-43(31-19-8-4-9-20-31)47-44(49-46)32-21-10-5-11-22-32)40(29-39-41(45)36-24-13-15-28-38(36)51-39)50-37-27-14-12-23-34(37)35-26-16-25-33(42(35)50)30-17-6-3-7-18-30/h4-6,8-29H,3,7H2,1-2H3,(H,47,48,49). The van der Waals surface area contributed by atoms with Gasteiger partial charge in [0.05, 0.1) is 16.4 Å². The molecule has 5 heteroatoms. The molecule has 2 aliphatic carbocycles. The summed E-state index contributed by atoms with van der Waals surface area (Å²) in [5.41, 5.74) is 7.86. The molecule has 0 spiro atoms. The summed E-state index contributed by atoms with van der Waals surface area (Å²) >= 11 is 1.86. The molecule has 1 unspecified atom stereocenters. The van der Waals surface area contributed by atoms with Crippen LogP contribution in [-0.2, 0) is 5.41 Å². The van der Waals surface area contributed by atoms with Crippen molar-refractivity contribution < 1.29 is 0 Å². The van der Waals surface area contributed by atoms with Crippen LogP contribution in [0, 0.1) is 0 Å². The average Bonchev–Trinajstić information content (AvgIpc) is 3.82. The minimum absolute atomic E-state index is 0.678. The van der Waals surface area contributed by atoms with Gasteiger partial charge in [-0.1, -0.05) is 133 Å². The fraction of sp³-hybridized carbons (Fsp3) is 0.130. The van der Waals surface area contributed by atoms with Gasteiger partial charge in [-0.05, 0) is 61.4 Å². The first kappa shape index (κ1) is 30.1. The van der Waals surface area contributed by atoms with E-state index in [1.54, 1.807) is 0 Å². The Morgan fingerprint density at radius 3 is 2.02 bits per heavy atom. The van der Waals surface area contributed by atoms with Gasteiger partial charge in [-0.15, -0.1) is 11.3 Å². The van der Waals surface area contributed by atoms with Crippen molar-refractivity contribution >= 4 is 72.2 Å². The highest BCUT2D eigenvalue weighted by Crippen LogP contribution is 2.59. The Kier molecular flexibility index (Phi) is 6.71. The Balaban J connectivity index is 1.32. The Hall–Kier alpha value is -5.78. The van der Waals surface area contributed by atoms with Crippen molar-refractivity contribution in [3.63, 3.8) is 0 Å². The zero-order valence-electron chi connectivity index (χ0n) is 28.6. The highest BCUT2D eigenvalue weighted by molar-refractivity contribution is 7.20. The van der Waals surface area contributed by atoms with Crippen LogP contribution in [-0.4, -0.2) is 21.9 Å². The fourth-order valence-electron chi connectivity index (χ4n) is 8.48. The molecule has 3 heterocycles. The number of aromatic nitrogens is 1. The fourth-order valence-corrected chi connectivity index (χ4v) is 9.73. The van der Waals surface area contributed by atoms with Crippen molar-refractivity contribution in [1.82, 2.24) is 9.88 Å². The van der Waals surface area contributed by atoms with Gasteiger partial charge >= 0.3 is 0 Å². The normalized spacial score (nSPS) is 19.4. The van der Waals surface area contributed by atoms with E-state index < -0.39 is 11.1 Å². The summed E-state index contributed by atoms with van der Waals surface area (Å²) in [4.78, 5) is 12.6. The number of rotatable bonds is 5. The van der Waals surface area contributed by atoms with Crippen LogP contribution in [0.4, 0.5) is 0 Å². The van der Waals surface area contributed by atoms with Gasteiger partial charge in [0.1, 0.15) is 11.7 Å². The lowest BCUT2D eigenvalue weighted by molar-refractivity contribution is 0.338. The predicted octanol–water partition coefficient (Wildman–Crippen LogP) is 11.2. The number of hydrogen-bond acceptors (Lipinski definition) is 4. The van der Waals surface area contributed by atoms with Gasteiger partial charge in [0.2, 0.25) is 0 Å². The molecular weight excluding hydrogens is 641 g/mol. The Morgan fingerprint density at radius 2 is 1.31 bits per heavy atom. The summed E-state index contributed by atoms with van der Waals surface area (Å²) < 4.78 is 3.83. The molecule has 0 bridgehead atoms. The highest BCUT2D eigenvalue weighted by Gasteiger charge is 2.56. The summed E-state index contributed by atoms with van der Waals surface area (Å²) in [6.45, 7) is 4.62. The number of fused-ring (bicyclic) bond motifs is 6. The quantitative estimate of drug-likeness (QED) is 0.194. The Bertz CT molecular complexity index is 2630. The number of nitrogens with one attached hydrogen (secondary N) is 1. The lowest BCUT2D eigenvalue weighted by Crippen LogP contribution is -2.52. The van der Waals surface area contributed by atoms with E-state index in [0.29, 0.717) is 0 Å². The SMILES string of the molecule is CC1(C2(C)C(n3c4ccccc4c4cccc(C5=CCCC=C5)c43)=Cc3sc4ccccc4c32)N=C(c2ccccc2)NC(c2ccccc2)=N1. The number of amidine groups is 2. The van der Waals surface area contributed by atoms with E-state index in [1.807, 2.05) is 11.3 Å². The molecule has 2 aromatic heterocycles. The van der Waals surface area contributed by atoms with E-state index >= 15 is 0 Å². The number of para-hydroxylation sites is 2. The lowest BCUT2D eigenvalue weighted by atomic mass is 9.71. The van der Waals surface area contributed by atoms with Crippen LogP contribution in [0.1, 0.15) is 53.8 Å². The van der Waals surface area contributed by atoms with Gasteiger partial charge < -0.3 is 9.88 Å². The van der Waals surface area contributed by atoms with Gasteiger partial charge in [0.25, 0.3) is 0 Å². The summed E-state index contributed by atoms with van der Waals surface area (Å²) in [6, 6.07) is 45.4. The minimum atomic E-state index is -0.938. The number of nitrogens with zero attached hydrogens (tertiary/aromatic N) is 3. The number of hydrogen-bond donors (Lipinski definition) is 1. The van der Waals surface area contributed by atoms with Crippen molar-refractivity contribution in [2.75, 3.05) is 0 Å². The Labute approximate surface area is 301 Å². The molecule has 7 aromatic rings. The third-order valence-electron chi connectivity index (χ3n) is 11.1. The summed E-state index contributed by atoms with van der Waals surface area (Å²) in [5.74, 6) is 1.64. The van der Waals surface area contributed by atoms with Gasteiger partial charge in [-0.25, -0.2) is 9.98 Å². The number of aliphatic imine (C=N–C) groups is 2. The molecule has 0 amide bonds. The number of allylic oxidation sites excluding steroid dienone is 4. The summed E-state index contributed by atoms with van der Waals surface area (Å²) in [6.07, 6.45) is 11.6. The molecule has 5 aromatic carbocycles. The second-order valence-corrected chi connectivity index (χ2v) is 15.1. The smallest absolute Gasteiger partial charge is 0.166 e. The van der Waals surface area contributed by atoms with E-state index in [2.05, 4.69) is 175 Å². The maximum absolute atomic E-state index is 5.68. The largest absolute Gasteiger partial charge is 0.324 e. The van der Waals surface area contributed by atoms with Gasteiger partial charge in [0.15, 0.2) is 5.66 Å². The second kappa shape index (κ2) is 11.4. The first-order valence-corrected chi connectivity index (χ1v) is 18.6. The molecule has 3 aliphatic rings. The Morgan fingerprint density at radius 1 is 0.667 bits per heavy atom. The van der Waals surface area contributed by atoms with Gasteiger partial charge in [-0.2, -0.15) is 0 Å². The van der Waals surface area contributed by atoms with Crippen molar-refractivity contribution in [1.29, 1.82) is 0 Å². The van der Waals surface area contributed by atoms with Crippen LogP contribution >= 0.6 is 11.3 Å². The topological polar surface area (TPSA) is 41.7 Å². The maximum Gasteiger partial charge on any atom is 0.166 e. The van der Waals surface area contributed by atoms with Crippen molar-refractivity contribution in [3.05, 3.63) is 173 Å². The van der Waals surface area contributed by atoms with Crippen LogP contribution in [0.25, 0.3) is 49.2 Å². The monoisotopic (exact) mass is 676 g/mol. The van der Waals surface area contributed by atoms with E-state index in [1.165, 1.54) is 59.2 Å². The molecule has 51 heavy (non-hydrogen) atoms. The lowest BCUT2D eigenvalue weighted by Gasteiger charge is -2.44. The molecule has 4 nitrogen and oxygen atoms in total. The average molecular weight is 677 g/mol. The van der Waals surface area contributed by atoms with E-state index in [0.717, 1.165) is 35.6 Å². The van der Waals surface area contributed by atoms with Crippen LogP contribution < -0.4 is 5.32 Å². The molecular formula is C46H36N4S. The predicted molar refractivity (Wildman–Crippen MR) is 217 cm³/mol. The molecule has 1 aliphatic heterocycles. The zero-order chi connectivity index (χ0) is 34.2. The molecule has 1 atom stereocenters. The molecule has 246 valence electrons. The highest BCUT2D eigenvalue weighted by atomic mass is 32.1. The van der Waals surface area contributed by atoms with E-state index in [4.69, 9.17) is 9.98 Å². The van der Waals surface area contributed by atoms with E-state index in [9.17, 15) is 0 Å². The molecule has 0 saturated heterocycles. The van der Waals surface area contributed by atoms with Crippen molar-refractivity contribution in [3.8, 4) is 0 Å². The maximum atomic E-state index is 5.68. The first-order valence-electron chi connectivity index (χ1n) is 17.7. The summed E-state index contributed by atoms with van der Waals surface area (Å²) in [5, 5.41) is 7.42. The van der Waals surface area contributed by atoms with Crippen LogP contribution in [0.5, 0.6) is 0 Å². The molecule has 0 radical (unpaired) electrons. The van der Waals surface area contributed by atoms with Gasteiger partial charge in [0, 0.05) is 42.7 Å². The first-order chi connectivity index (χ1) is 25.0. The summed E-state index contributed by atoms with van der Waals surface area (Å²) in [7, 11) is 0. The molecule has 10 rings (SSSR count). The van der Waals surface area contributed by atoms with Crippen LogP contribution in [0.2, 0.25) is 0 Å². The van der Waals surface area contributed by atoms with Crippen LogP contribution in [0.15, 0.2) is 156 Å². The molecule has 1 N–H and O–H groups in total. The van der Waals surface area contributed by atoms with E-state index in [-0.39, 0.29) is 0 Å². The van der Waals surface area contributed by atoms with Crippen molar-refractivity contribution in [2.45, 2.75) is 37.8 Å². The second-order valence-electron chi connectivity index (χ2n) is 14.0. The third-order valence-corrected chi connectivity index (χ3v) is 12.2. The number of thiophene rings is 1. The van der Waals surface area contributed by atoms with Crippen LogP contribution in [0.3, 0.4) is 0 Å². The van der Waals surface area contributed by atoms with Crippen molar-refractivity contribution in [2.24, 2.45) is 9.98 Å². The van der Waals surface area contributed by atoms with Gasteiger partial charge in [-0.3, -0.25) is 0 Å². The minimum Gasteiger partial charge on any atom is -0.324 e. The zero-order valence-corrected chi connectivity index (χ0v) is 29.4. The third kappa shape index (κ3) is 4.44. The molecule has 0 fully saturated rings. The molecule has 0 saturated carbocycles. The number of benzene rings is 5.